The van der Waals surface area contributed by atoms with E-state index >= 15 is 0 Å². The zero-order valence-corrected chi connectivity index (χ0v) is 10.3. The van der Waals surface area contributed by atoms with Crippen molar-refractivity contribution < 1.29 is 0 Å². The van der Waals surface area contributed by atoms with Crippen LogP contribution in [0.4, 0.5) is 0 Å². The van der Waals surface area contributed by atoms with Gasteiger partial charge < -0.3 is 4.90 Å². The van der Waals surface area contributed by atoms with Gasteiger partial charge in [0.2, 0.25) is 0 Å². The van der Waals surface area contributed by atoms with Gasteiger partial charge in [0.15, 0.2) is 0 Å². The van der Waals surface area contributed by atoms with E-state index in [0.717, 1.165) is 11.8 Å². The standard InChI is InChI=1S/C13H27N/c1-4-13-8-6-5-7-12(2)9-10-14(3)11-13/h12-13H,4-11H2,1-3H3. The number of hydrogen-bond donors (Lipinski definition) is 0. The molecule has 1 aliphatic heterocycles. The third kappa shape index (κ3) is 4.45. The first kappa shape index (κ1) is 12.0. The van der Waals surface area contributed by atoms with Crippen molar-refractivity contribution in [1.29, 1.82) is 0 Å². The average Bonchev–Trinajstić information content (AvgIpc) is 2.19. The van der Waals surface area contributed by atoms with E-state index in [9.17, 15) is 0 Å². The molecule has 1 fully saturated rings. The molecule has 0 saturated carbocycles. The fourth-order valence-electron chi connectivity index (χ4n) is 2.47. The van der Waals surface area contributed by atoms with E-state index in [1.165, 1.54) is 51.6 Å². The SMILES string of the molecule is CCC1CCCCC(C)CCN(C)C1. The lowest BCUT2D eigenvalue weighted by Crippen LogP contribution is -2.28. The Morgan fingerprint density at radius 1 is 1.14 bits per heavy atom. The molecule has 2 unspecified atom stereocenters. The molecule has 0 aromatic carbocycles. The van der Waals surface area contributed by atoms with Gasteiger partial charge in [-0.05, 0) is 38.3 Å². The Labute approximate surface area is 89.9 Å². The lowest BCUT2D eigenvalue weighted by Gasteiger charge is -2.26. The second kappa shape index (κ2) is 6.44. The highest BCUT2D eigenvalue weighted by Gasteiger charge is 2.13. The molecule has 1 nitrogen and oxygen atoms in total. The van der Waals surface area contributed by atoms with Crippen LogP contribution in [0.2, 0.25) is 0 Å². The molecule has 0 aromatic heterocycles. The number of nitrogens with zero attached hydrogens (tertiary/aromatic N) is 1. The highest BCUT2D eigenvalue weighted by Crippen LogP contribution is 2.20. The molecule has 1 aliphatic rings. The Morgan fingerprint density at radius 3 is 2.57 bits per heavy atom. The molecule has 0 aliphatic carbocycles. The van der Waals surface area contributed by atoms with Gasteiger partial charge in [0.1, 0.15) is 0 Å². The maximum absolute atomic E-state index is 2.54. The lowest BCUT2D eigenvalue weighted by molar-refractivity contribution is 0.230. The molecule has 1 heteroatoms. The van der Waals surface area contributed by atoms with Crippen LogP contribution in [0.1, 0.15) is 52.4 Å². The van der Waals surface area contributed by atoms with Crippen molar-refractivity contribution in [3.05, 3.63) is 0 Å². The largest absolute Gasteiger partial charge is 0.306 e. The van der Waals surface area contributed by atoms with E-state index in [-0.39, 0.29) is 0 Å². The third-order valence-electron chi connectivity index (χ3n) is 3.71. The first-order chi connectivity index (χ1) is 6.72. The van der Waals surface area contributed by atoms with E-state index in [2.05, 4.69) is 25.8 Å². The van der Waals surface area contributed by atoms with Gasteiger partial charge in [-0.2, -0.15) is 0 Å². The van der Waals surface area contributed by atoms with Crippen LogP contribution >= 0.6 is 0 Å². The van der Waals surface area contributed by atoms with E-state index in [4.69, 9.17) is 0 Å². The summed E-state index contributed by atoms with van der Waals surface area (Å²) in [6, 6.07) is 0. The van der Waals surface area contributed by atoms with Gasteiger partial charge in [-0.1, -0.05) is 39.5 Å². The minimum atomic E-state index is 0.940. The van der Waals surface area contributed by atoms with Crippen molar-refractivity contribution >= 4 is 0 Å². The van der Waals surface area contributed by atoms with Crippen molar-refractivity contribution in [3.63, 3.8) is 0 Å². The smallest absolute Gasteiger partial charge is 0.000651 e. The summed E-state index contributed by atoms with van der Waals surface area (Å²) in [6.45, 7) is 7.38. The highest BCUT2D eigenvalue weighted by atomic mass is 15.1. The molecule has 84 valence electrons. The highest BCUT2D eigenvalue weighted by molar-refractivity contribution is 4.67. The van der Waals surface area contributed by atoms with Gasteiger partial charge in [0, 0.05) is 6.54 Å². The van der Waals surface area contributed by atoms with Gasteiger partial charge in [-0.25, -0.2) is 0 Å². The molecular formula is C13H27N. The fourth-order valence-corrected chi connectivity index (χ4v) is 2.47. The predicted octanol–water partition coefficient (Wildman–Crippen LogP) is 3.54. The maximum Gasteiger partial charge on any atom is 0.000651 e. The average molecular weight is 197 g/mol. The molecule has 1 rings (SSSR count). The summed E-state index contributed by atoms with van der Waals surface area (Å²) in [5.41, 5.74) is 0. The third-order valence-corrected chi connectivity index (χ3v) is 3.71. The van der Waals surface area contributed by atoms with Crippen LogP contribution < -0.4 is 0 Å². The summed E-state index contributed by atoms with van der Waals surface area (Å²) in [6.07, 6.45) is 8.57. The molecule has 0 aromatic rings. The molecule has 14 heavy (non-hydrogen) atoms. The number of hydrogen-bond acceptors (Lipinski definition) is 1. The molecule has 2 atom stereocenters. The minimum absolute atomic E-state index is 0.940. The molecular weight excluding hydrogens is 170 g/mol. The van der Waals surface area contributed by atoms with E-state index in [1.54, 1.807) is 0 Å². The van der Waals surface area contributed by atoms with Crippen molar-refractivity contribution in [1.82, 2.24) is 4.90 Å². The zero-order chi connectivity index (χ0) is 10.4. The summed E-state index contributed by atoms with van der Waals surface area (Å²) < 4.78 is 0. The minimum Gasteiger partial charge on any atom is -0.306 e. The Balaban J connectivity index is 2.37. The first-order valence-electron chi connectivity index (χ1n) is 6.41. The fraction of sp³-hybridized carbons (Fsp3) is 1.00. The van der Waals surface area contributed by atoms with Crippen LogP contribution in [0.25, 0.3) is 0 Å². The molecule has 0 radical (unpaired) electrons. The van der Waals surface area contributed by atoms with Gasteiger partial charge >= 0.3 is 0 Å². The zero-order valence-electron chi connectivity index (χ0n) is 10.3. The first-order valence-corrected chi connectivity index (χ1v) is 6.41. The number of rotatable bonds is 1. The molecule has 0 bridgehead atoms. The summed E-state index contributed by atoms with van der Waals surface area (Å²) in [4.78, 5) is 2.54. The quantitative estimate of drug-likeness (QED) is 0.621. The van der Waals surface area contributed by atoms with Crippen LogP contribution in [-0.2, 0) is 0 Å². The Hall–Kier alpha value is -0.0400. The lowest BCUT2D eigenvalue weighted by atomic mass is 9.93. The van der Waals surface area contributed by atoms with E-state index in [0.29, 0.717) is 0 Å². The van der Waals surface area contributed by atoms with Crippen molar-refractivity contribution in [2.24, 2.45) is 11.8 Å². The Bertz CT molecular complexity index is 144. The van der Waals surface area contributed by atoms with Crippen LogP contribution in [-0.4, -0.2) is 25.0 Å². The van der Waals surface area contributed by atoms with Crippen LogP contribution in [0.3, 0.4) is 0 Å². The van der Waals surface area contributed by atoms with Crippen LogP contribution in [0.15, 0.2) is 0 Å². The normalized spacial score (nSPS) is 32.8. The van der Waals surface area contributed by atoms with Crippen molar-refractivity contribution in [2.75, 3.05) is 20.1 Å². The Kier molecular flexibility index (Phi) is 5.54. The van der Waals surface area contributed by atoms with Gasteiger partial charge in [0.05, 0.1) is 0 Å². The predicted molar refractivity (Wildman–Crippen MR) is 63.5 cm³/mol. The maximum atomic E-state index is 2.54. The summed E-state index contributed by atoms with van der Waals surface area (Å²) in [5, 5.41) is 0. The van der Waals surface area contributed by atoms with E-state index < -0.39 is 0 Å². The Morgan fingerprint density at radius 2 is 1.86 bits per heavy atom. The molecule has 0 N–H and O–H groups in total. The topological polar surface area (TPSA) is 3.24 Å². The van der Waals surface area contributed by atoms with Crippen molar-refractivity contribution in [3.8, 4) is 0 Å². The molecule has 0 spiro atoms. The van der Waals surface area contributed by atoms with Gasteiger partial charge in [-0.15, -0.1) is 0 Å². The summed E-state index contributed by atoms with van der Waals surface area (Å²) >= 11 is 0. The van der Waals surface area contributed by atoms with Crippen LogP contribution in [0, 0.1) is 11.8 Å². The van der Waals surface area contributed by atoms with E-state index in [1.807, 2.05) is 0 Å². The molecule has 0 amide bonds. The molecule has 1 heterocycles. The second-order valence-corrected chi connectivity index (χ2v) is 5.21. The van der Waals surface area contributed by atoms with Crippen molar-refractivity contribution in [2.45, 2.75) is 52.4 Å². The molecule has 1 saturated heterocycles. The van der Waals surface area contributed by atoms with Crippen LogP contribution in [0.5, 0.6) is 0 Å². The monoisotopic (exact) mass is 197 g/mol. The summed E-state index contributed by atoms with van der Waals surface area (Å²) in [7, 11) is 2.29. The van der Waals surface area contributed by atoms with Gasteiger partial charge in [0.25, 0.3) is 0 Å². The summed E-state index contributed by atoms with van der Waals surface area (Å²) in [5.74, 6) is 1.89. The van der Waals surface area contributed by atoms with Gasteiger partial charge in [-0.3, -0.25) is 0 Å². The second-order valence-electron chi connectivity index (χ2n) is 5.21.